The fourth-order valence-corrected chi connectivity index (χ4v) is 4.09. The number of halogens is 3. The smallest absolute Gasteiger partial charge is 0.267 e. The molecule has 0 unspecified atom stereocenters. The van der Waals surface area contributed by atoms with Crippen LogP contribution in [0.15, 0.2) is 82.5 Å². The first-order valence-corrected chi connectivity index (χ1v) is 12.0. The quantitative estimate of drug-likeness (QED) is 0.400. The lowest BCUT2D eigenvalue weighted by Crippen LogP contribution is -2.24. The maximum absolute atomic E-state index is 14.2. The second kappa shape index (κ2) is 8.88. The van der Waals surface area contributed by atoms with Gasteiger partial charge in [-0.25, -0.2) is 21.9 Å². The standard InChI is InChI=1S/C24H17ClF2N2O3S/c1-33(31,32)20-10-5-16(6-11-20)24-21(15-2-7-18(25)8-3-15)13-23(30)29(28-24)14-17-4-9-19(26)12-22(17)27/h2-13H,14H2,1H3. The molecule has 0 bridgehead atoms. The van der Waals surface area contributed by atoms with Crippen LogP contribution in [0.1, 0.15) is 5.56 Å². The van der Waals surface area contributed by atoms with Crippen LogP contribution in [0.4, 0.5) is 8.78 Å². The van der Waals surface area contributed by atoms with Crippen molar-refractivity contribution < 1.29 is 17.2 Å². The number of benzene rings is 3. The Morgan fingerprint density at radius 3 is 2.15 bits per heavy atom. The Morgan fingerprint density at radius 2 is 1.55 bits per heavy atom. The fourth-order valence-electron chi connectivity index (χ4n) is 3.34. The SMILES string of the molecule is CS(=O)(=O)c1ccc(-c2nn(Cc3ccc(F)cc3F)c(=O)cc2-c2ccc(Cl)cc2)cc1. The molecule has 0 atom stereocenters. The van der Waals surface area contributed by atoms with Crippen LogP contribution < -0.4 is 5.56 Å². The lowest BCUT2D eigenvalue weighted by molar-refractivity contribution is 0.552. The van der Waals surface area contributed by atoms with Crippen LogP contribution in [0.3, 0.4) is 0 Å². The van der Waals surface area contributed by atoms with Gasteiger partial charge in [0.05, 0.1) is 17.1 Å². The Labute approximate surface area is 193 Å². The van der Waals surface area contributed by atoms with E-state index in [1.165, 1.54) is 24.3 Å². The van der Waals surface area contributed by atoms with Gasteiger partial charge in [-0.2, -0.15) is 5.10 Å². The summed E-state index contributed by atoms with van der Waals surface area (Å²) < 4.78 is 52.2. The predicted molar refractivity (Wildman–Crippen MR) is 123 cm³/mol. The summed E-state index contributed by atoms with van der Waals surface area (Å²) >= 11 is 5.99. The first-order valence-electron chi connectivity index (χ1n) is 9.74. The lowest BCUT2D eigenvalue weighted by atomic mass is 10.00. The van der Waals surface area contributed by atoms with E-state index in [2.05, 4.69) is 5.10 Å². The van der Waals surface area contributed by atoms with E-state index in [0.717, 1.165) is 23.1 Å². The van der Waals surface area contributed by atoms with E-state index < -0.39 is 27.0 Å². The van der Waals surface area contributed by atoms with Gasteiger partial charge >= 0.3 is 0 Å². The predicted octanol–water partition coefficient (Wildman–Crippen LogP) is 4.96. The van der Waals surface area contributed by atoms with Crippen molar-refractivity contribution in [3.63, 3.8) is 0 Å². The number of nitrogens with zero attached hydrogens (tertiary/aromatic N) is 2. The molecule has 4 aromatic rings. The van der Waals surface area contributed by atoms with Crippen molar-refractivity contribution in [3.05, 3.63) is 105 Å². The molecule has 0 aliphatic heterocycles. The summed E-state index contributed by atoms with van der Waals surface area (Å²) in [5, 5.41) is 4.97. The molecule has 9 heteroatoms. The van der Waals surface area contributed by atoms with Gasteiger partial charge in [0.25, 0.3) is 5.56 Å². The third-order valence-corrected chi connectivity index (χ3v) is 6.42. The highest BCUT2D eigenvalue weighted by Gasteiger charge is 2.16. The Kier molecular flexibility index (Phi) is 6.14. The summed E-state index contributed by atoms with van der Waals surface area (Å²) in [7, 11) is -3.40. The summed E-state index contributed by atoms with van der Waals surface area (Å²) in [6.07, 6.45) is 1.11. The minimum absolute atomic E-state index is 0.101. The summed E-state index contributed by atoms with van der Waals surface area (Å²) in [5.41, 5.74) is 1.73. The Balaban J connectivity index is 1.88. The van der Waals surface area contributed by atoms with Gasteiger partial charge in [-0.3, -0.25) is 4.79 Å². The van der Waals surface area contributed by atoms with Crippen molar-refractivity contribution in [3.8, 4) is 22.4 Å². The molecule has 0 radical (unpaired) electrons. The van der Waals surface area contributed by atoms with Crippen LogP contribution in [0, 0.1) is 11.6 Å². The molecule has 3 aromatic carbocycles. The topological polar surface area (TPSA) is 69.0 Å². The Morgan fingerprint density at radius 1 is 0.909 bits per heavy atom. The highest BCUT2D eigenvalue weighted by atomic mass is 35.5. The molecule has 33 heavy (non-hydrogen) atoms. The van der Waals surface area contributed by atoms with E-state index in [1.807, 2.05) is 0 Å². The van der Waals surface area contributed by atoms with E-state index in [0.29, 0.717) is 27.4 Å². The highest BCUT2D eigenvalue weighted by molar-refractivity contribution is 7.90. The minimum atomic E-state index is -3.40. The van der Waals surface area contributed by atoms with Crippen molar-refractivity contribution in [2.24, 2.45) is 0 Å². The molecule has 0 N–H and O–H groups in total. The van der Waals surface area contributed by atoms with E-state index in [9.17, 15) is 22.0 Å². The summed E-state index contributed by atoms with van der Waals surface area (Å²) in [6.45, 7) is -0.208. The average molecular weight is 487 g/mol. The van der Waals surface area contributed by atoms with Gasteiger partial charge in [0, 0.05) is 40.1 Å². The minimum Gasteiger partial charge on any atom is -0.268 e. The summed E-state index contributed by atoms with van der Waals surface area (Å²) in [4.78, 5) is 13.0. The zero-order chi connectivity index (χ0) is 23.8. The lowest BCUT2D eigenvalue weighted by Gasteiger charge is -2.14. The third kappa shape index (κ3) is 5.02. The van der Waals surface area contributed by atoms with Crippen molar-refractivity contribution in [2.45, 2.75) is 11.4 Å². The number of hydrogen-bond donors (Lipinski definition) is 0. The fraction of sp³-hybridized carbons (Fsp3) is 0.0833. The molecule has 0 aliphatic rings. The van der Waals surface area contributed by atoms with Gasteiger partial charge in [-0.05, 0) is 35.9 Å². The first-order chi connectivity index (χ1) is 15.6. The third-order valence-electron chi connectivity index (χ3n) is 5.04. The van der Waals surface area contributed by atoms with Gasteiger partial charge in [0.1, 0.15) is 11.6 Å². The van der Waals surface area contributed by atoms with Gasteiger partial charge < -0.3 is 0 Å². The molecule has 0 spiro atoms. The molecule has 0 saturated heterocycles. The molecule has 5 nitrogen and oxygen atoms in total. The van der Waals surface area contributed by atoms with E-state index >= 15 is 0 Å². The molecule has 0 aliphatic carbocycles. The van der Waals surface area contributed by atoms with E-state index in [1.54, 1.807) is 36.4 Å². The van der Waals surface area contributed by atoms with Crippen LogP contribution in [0.25, 0.3) is 22.4 Å². The largest absolute Gasteiger partial charge is 0.268 e. The monoisotopic (exact) mass is 486 g/mol. The Hall–Kier alpha value is -3.36. The van der Waals surface area contributed by atoms with Gasteiger partial charge in [0.2, 0.25) is 0 Å². The van der Waals surface area contributed by atoms with Crippen LogP contribution in [-0.2, 0) is 16.4 Å². The van der Waals surface area contributed by atoms with Gasteiger partial charge in [-0.1, -0.05) is 41.9 Å². The Bertz CT molecular complexity index is 1500. The zero-order valence-corrected chi connectivity index (χ0v) is 18.9. The maximum atomic E-state index is 14.2. The molecule has 0 fully saturated rings. The van der Waals surface area contributed by atoms with Gasteiger partial charge in [0.15, 0.2) is 9.84 Å². The van der Waals surface area contributed by atoms with Gasteiger partial charge in [-0.15, -0.1) is 0 Å². The van der Waals surface area contributed by atoms with Crippen LogP contribution >= 0.6 is 11.6 Å². The van der Waals surface area contributed by atoms with E-state index in [4.69, 9.17) is 11.6 Å². The number of aromatic nitrogens is 2. The van der Waals surface area contributed by atoms with Crippen molar-refractivity contribution in [1.82, 2.24) is 9.78 Å². The molecule has 168 valence electrons. The maximum Gasteiger partial charge on any atom is 0.267 e. The second-order valence-electron chi connectivity index (χ2n) is 7.44. The highest BCUT2D eigenvalue weighted by Crippen LogP contribution is 2.30. The molecular weight excluding hydrogens is 470 g/mol. The van der Waals surface area contributed by atoms with Crippen LogP contribution in [-0.4, -0.2) is 24.5 Å². The second-order valence-corrected chi connectivity index (χ2v) is 9.89. The van der Waals surface area contributed by atoms with Crippen LogP contribution in [0.5, 0.6) is 0 Å². The number of hydrogen-bond acceptors (Lipinski definition) is 4. The number of rotatable bonds is 5. The van der Waals surface area contributed by atoms with Crippen molar-refractivity contribution in [1.29, 1.82) is 0 Å². The molecule has 0 amide bonds. The summed E-state index contributed by atoms with van der Waals surface area (Å²) in [5.74, 6) is -1.51. The average Bonchev–Trinajstić information content (AvgIpc) is 2.77. The van der Waals surface area contributed by atoms with Crippen LogP contribution in [0.2, 0.25) is 5.02 Å². The zero-order valence-electron chi connectivity index (χ0n) is 17.3. The first kappa shape index (κ1) is 22.8. The number of sulfone groups is 1. The van der Waals surface area contributed by atoms with Crippen molar-refractivity contribution >= 4 is 21.4 Å². The van der Waals surface area contributed by atoms with E-state index in [-0.39, 0.29) is 17.0 Å². The molecule has 1 heterocycles. The molecule has 1 aromatic heterocycles. The molecule has 0 saturated carbocycles. The molecule has 4 rings (SSSR count). The normalized spacial score (nSPS) is 11.5. The summed E-state index contributed by atoms with van der Waals surface area (Å²) in [6, 6.07) is 17.4. The molecular formula is C24H17ClF2N2O3S. The van der Waals surface area contributed by atoms with Crippen molar-refractivity contribution in [2.75, 3.05) is 6.26 Å².